The van der Waals surface area contributed by atoms with E-state index in [1.165, 1.54) is 33.5 Å². The largest absolute Gasteiger partial charge is 0.539 e. The van der Waals surface area contributed by atoms with Crippen molar-refractivity contribution < 1.29 is 59.4 Å². The van der Waals surface area contributed by atoms with Crippen LogP contribution in [0.3, 0.4) is 0 Å². The fourth-order valence-electron chi connectivity index (χ4n) is 2.88. The molecule has 0 aliphatic heterocycles. The molecule has 3 unspecified atom stereocenters. The van der Waals surface area contributed by atoms with Crippen molar-refractivity contribution in [1.29, 1.82) is 0 Å². The van der Waals surface area contributed by atoms with Crippen LogP contribution in [0.2, 0.25) is 0 Å². The van der Waals surface area contributed by atoms with Gasteiger partial charge in [0.15, 0.2) is 17.5 Å². The highest BCUT2D eigenvalue weighted by Gasteiger charge is 2.21. The van der Waals surface area contributed by atoms with Gasteiger partial charge in [-0.15, -0.1) is 0 Å². The first-order chi connectivity index (χ1) is 16.5. The number of nitrogens with two attached hydrogens (primary N) is 1. The summed E-state index contributed by atoms with van der Waals surface area (Å²) in [5.74, 6) is -1.98. The van der Waals surface area contributed by atoms with Crippen LogP contribution in [0.25, 0.3) is 0 Å². The molecule has 0 aromatic heterocycles. The van der Waals surface area contributed by atoms with Crippen LogP contribution >= 0.6 is 0 Å². The summed E-state index contributed by atoms with van der Waals surface area (Å²) in [6, 6.07) is 9.55. The molecule has 0 amide bonds. The van der Waals surface area contributed by atoms with Crippen molar-refractivity contribution in [2.45, 2.75) is 25.2 Å². The van der Waals surface area contributed by atoms with E-state index in [1.807, 2.05) is 12.2 Å². The van der Waals surface area contributed by atoms with E-state index >= 15 is 0 Å². The molecule has 0 bridgehead atoms. The van der Waals surface area contributed by atoms with E-state index in [9.17, 15) is 15.3 Å². The monoisotopic (exact) mass is 497 g/mol. The molecule has 12 nitrogen and oxygen atoms in total. The van der Waals surface area contributed by atoms with Crippen molar-refractivity contribution in [3.63, 3.8) is 0 Å². The summed E-state index contributed by atoms with van der Waals surface area (Å²) < 4.78 is 21.5. The molecule has 3 atom stereocenters. The zero-order valence-corrected chi connectivity index (χ0v) is 19.8. The number of phenolic OH excluding ortho intramolecular Hbond substituents is 1. The minimum atomic E-state index is -2.07. The Morgan fingerprint density at radius 3 is 1.94 bits per heavy atom. The quantitative estimate of drug-likeness (QED) is 0.231. The number of carbonyl (C=O) groups is 2. The van der Waals surface area contributed by atoms with Gasteiger partial charge < -0.3 is 54.6 Å². The Morgan fingerprint density at radius 2 is 1.51 bits per heavy atom. The fourth-order valence-corrected chi connectivity index (χ4v) is 2.88. The van der Waals surface area contributed by atoms with Crippen LogP contribution < -0.4 is 29.4 Å². The second kappa shape index (κ2) is 14.5. The zero-order valence-electron chi connectivity index (χ0n) is 19.8. The van der Waals surface area contributed by atoms with Crippen LogP contribution in [0.5, 0.6) is 28.7 Å². The maximum atomic E-state index is 10.4. The Kier molecular flexibility index (Phi) is 12.1. The van der Waals surface area contributed by atoms with Crippen molar-refractivity contribution in [1.82, 2.24) is 0 Å². The lowest BCUT2D eigenvalue weighted by molar-refractivity contribution is -0.699. The van der Waals surface area contributed by atoms with Crippen molar-refractivity contribution >= 4 is 11.9 Å². The molecule has 0 radical (unpaired) electrons. The lowest BCUT2D eigenvalue weighted by Gasteiger charge is -2.20. The summed E-state index contributed by atoms with van der Waals surface area (Å²) in [6.07, 6.45) is -1.47. The molecule has 0 aliphatic carbocycles. The summed E-state index contributed by atoms with van der Waals surface area (Å²) in [4.78, 5) is 18.0. The third-order valence-corrected chi connectivity index (χ3v) is 4.77. The van der Waals surface area contributed by atoms with Gasteiger partial charge in [0.05, 0.1) is 21.3 Å². The van der Waals surface area contributed by atoms with Gasteiger partial charge in [-0.05, 0) is 24.6 Å². The highest BCUT2D eigenvalue weighted by molar-refractivity contribution is 6.26. The fraction of sp³-hybridized carbons (Fsp3) is 0.391. The Morgan fingerprint density at radius 1 is 1.00 bits per heavy atom. The number of carboxylic acid groups (broad SMARTS) is 2. The lowest BCUT2D eigenvalue weighted by atomic mass is 10.0. The minimum absolute atomic E-state index is 0.0666. The van der Waals surface area contributed by atoms with Gasteiger partial charge in [-0.3, -0.25) is 0 Å². The van der Waals surface area contributed by atoms with Crippen LogP contribution in [0.1, 0.15) is 18.6 Å². The number of aromatic hydroxyl groups is 1. The van der Waals surface area contributed by atoms with Gasteiger partial charge in [-0.1, -0.05) is 12.1 Å². The molecule has 2 rings (SSSR count). The summed E-state index contributed by atoms with van der Waals surface area (Å²) >= 11 is 0. The molecular weight excluding hydrogens is 466 g/mol. The Balaban J connectivity index is 0.000000905. The van der Waals surface area contributed by atoms with Gasteiger partial charge in [-0.2, -0.15) is 0 Å². The Hall–Kier alpha value is -3.74. The SMILES string of the molecule is COc1cc(OCC(O)C[NH2+]C(C)C(O)c2ccc(O)cc2)cc(OC)c1OC.O=C([O-])C(=O)O. The van der Waals surface area contributed by atoms with E-state index in [4.69, 9.17) is 38.7 Å². The highest BCUT2D eigenvalue weighted by Crippen LogP contribution is 2.40. The zero-order chi connectivity index (χ0) is 26.5. The average molecular weight is 497 g/mol. The van der Waals surface area contributed by atoms with E-state index in [2.05, 4.69) is 0 Å². The molecule has 0 fully saturated rings. The van der Waals surface area contributed by atoms with E-state index < -0.39 is 24.1 Å². The van der Waals surface area contributed by atoms with Crippen molar-refractivity contribution in [2.24, 2.45) is 0 Å². The third kappa shape index (κ3) is 9.57. The summed E-state index contributed by atoms with van der Waals surface area (Å²) in [6.45, 7) is 2.28. The highest BCUT2D eigenvalue weighted by atomic mass is 16.5. The number of methoxy groups -OCH3 is 3. The third-order valence-electron chi connectivity index (χ3n) is 4.77. The number of aliphatic hydroxyl groups is 2. The van der Waals surface area contributed by atoms with Gasteiger partial charge in [-0.25, -0.2) is 4.79 Å². The maximum Gasteiger partial charge on any atom is 0.351 e. The number of carbonyl (C=O) groups excluding carboxylic acids is 1. The first-order valence-electron chi connectivity index (χ1n) is 10.4. The number of hydrogen-bond donors (Lipinski definition) is 5. The van der Waals surface area contributed by atoms with Crippen LogP contribution in [-0.4, -0.2) is 79.0 Å². The Labute approximate surface area is 202 Å². The predicted octanol–water partition coefficient (Wildman–Crippen LogP) is -1.34. The molecule has 2 aromatic rings. The lowest BCUT2D eigenvalue weighted by Crippen LogP contribution is -2.92. The molecule has 0 aliphatic rings. The van der Waals surface area contributed by atoms with Crippen molar-refractivity contribution in [3.8, 4) is 28.7 Å². The molecule has 12 heteroatoms. The minimum Gasteiger partial charge on any atom is -0.539 e. The van der Waals surface area contributed by atoms with Crippen molar-refractivity contribution in [2.75, 3.05) is 34.5 Å². The number of benzene rings is 2. The summed E-state index contributed by atoms with van der Waals surface area (Å²) in [5, 5.41) is 48.2. The average Bonchev–Trinajstić information content (AvgIpc) is 2.85. The number of aliphatic carboxylic acids is 2. The predicted molar refractivity (Wildman–Crippen MR) is 120 cm³/mol. The second-order valence-corrected chi connectivity index (χ2v) is 7.29. The first kappa shape index (κ1) is 29.3. The molecule has 0 heterocycles. The normalized spacial score (nSPS) is 12.9. The van der Waals surface area contributed by atoms with Gasteiger partial charge in [0.2, 0.25) is 5.75 Å². The van der Waals surface area contributed by atoms with Crippen LogP contribution in [0, 0.1) is 0 Å². The van der Waals surface area contributed by atoms with Gasteiger partial charge >= 0.3 is 5.97 Å². The topological polar surface area (TPSA) is 192 Å². The van der Waals surface area contributed by atoms with E-state index in [1.54, 1.807) is 24.3 Å². The number of hydrogen-bond acceptors (Lipinski definition) is 10. The van der Waals surface area contributed by atoms with Crippen LogP contribution in [-0.2, 0) is 9.59 Å². The molecule has 2 aromatic carbocycles. The van der Waals surface area contributed by atoms with Gasteiger partial charge in [0.25, 0.3) is 0 Å². The molecule has 0 saturated heterocycles. The van der Waals surface area contributed by atoms with Gasteiger partial charge in [0.1, 0.15) is 42.9 Å². The maximum absolute atomic E-state index is 10.4. The molecule has 6 N–H and O–H groups in total. The standard InChI is InChI=1S/C21H29NO7.C2H2O4/c1-13(20(25)14-5-7-15(23)8-6-14)22-11-16(24)12-29-17-9-18(26-2)21(28-4)19(10-17)27-3;3-1(4)2(5)6/h5-10,13,16,20,22-25H,11-12H2,1-4H3;(H,3,4)(H,5,6). The molecule has 35 heavy (non-hydrogen) atoms. The summed E-state index contributed by atoms with van der Waals surface area (Å²) in [5.41, 5.74) is 0.703. The Bertz CT molecular complexity index is 912. The van der Waals surface area contributed by atoms with E-state index in [-0.39, 0.29) is 18.4 Å². The molecule has 0 spiro atoms. The van der Waals surface area contributed by atoms with Crippen LogP contribution in [0.15, 0.2) is 36.4 Å². The molecule has 0 saturated carbocycles. The first-order valence-corrected chi connectivity index (χ1v) is 10.4. The summed E-state index contributed by atoms with van der Waals surface area (Å²) in [7, 11) is 4.56. The number of ether oxygens (including phenoxy) is 4. The molecular formula is C23H31NO11. The van der Waals surface area contributed by atoms with Gasteiger partial charge in [0, 0.05) is 12.1 Å². The van der Waals surface area contributed by atoms with Crippen molar-refractivity contribution in [3.05, 3.63) is 42.0 Å². The van der Waals surface area contributed by atoms with Crippen LogP contribution in [0.4, 0.5) is 0 Å². The number of rotatable bonds is 11. The van der Waals surface area contributed by atoms with E-state index in [0.29, 0.717) is 35.1 Å². The number of aliphatic hydroxyl groups excluding tert-OH is 2. The van der Waals surface area contributed by atoms with E-state index in [0.717, 1.165) is 0 Å². The number of quaternary nitrogens is 1. The number of carboxylic acids is 2. The smallest absolute Gasteiger partial charge is 0.351 e. The molecule has 194 valence electrons. The number of phenols is 1. The second-order valence-electron chi connectivity index (χ2n) is 7.29.